The van der Waals surface area contributed by atoms with E-state index in [0.717, 1.165) is 16.1 Å². The smallest absolute Gasteiger partial charge is 0.106 e. The molecule has 58 valence electrons. The summed E-state index contributed by atoms with van der Waals surface area (Å²) in [7, 11) is 0. The Morgan fingerprint density at radius 2 is 2.27 bits per heavy atom. The molecule has 1 aromatic rings. The van der Waals surface area contributed by atoms with Crippen molar-refractivity contribution >= 4 is 27.5 Å². The highest BCUT2D eigenvalue weighted by Gasteiger charge is 2.24. The third kappa shape index (κ3) is 1.58. The van der Waals surface area contributed by atoms with E-state index in [4.69, 9.17) is 16.3 Å². The van der Waals surface area contributed by atoms with Gasteiger partial charge < -0.3 is 4.74 Å². The maximum Gasteiger partial charge on any atom is 0.106 e. The lowest BCUT2D eigenvalue weighted by Gasteiger charge is -1.97. The van der Waals surface area contributed by atoms with Crippen molar-refractivity contribution in [3.63, 3.8) is 0 Å². The second-order valence-electron chi connectivity index (χ2n) is 2.50. The first-order valence-electron chi connectivity index (χ1n) is 3.34. The van der Waals surface area contributed by atoms with Gasteiger partial charge in [-0.05, 0) is 33.6 Å². The number of hydrogen-bond donors (Lipinski definition) is 0. The van der Waals surface area contributed by atoms with Crippen molar-refractivity contribution < 1.29 is 4.74 Å². The zero-order valence-corrected chi connectivity index (χ0v) is 8.02. The monoisotopic (exact) mass is 232 g/mol. The molecule has 0 amide bonds. The highest BCUT2D eigenvalue weighted by Crippen LogP contribution is 2.33. The van der Waals surface area contributed by atoms with Crippen LogP contribution >= 0.6 is 27.5 Å². The van der Waals surface area contributed by atoms with Gasteiger partial charge in [-0.3, -0.25) is 0 Å². The fourth-order valence-corrected chi connectivity index (χ4v) is 1.39. The minimum atomic E-state index is 0.292. The van der Waals surface area contributed by atoms with Gasteiger partial charge in [-0.15, -0.1) is 0 Å². The summed E-state index contributed by atoms with van der Waals surface area (Å²) in [4.78, 5) is 0. The molecule has 0 spiro atoms. The summed E-state index contributed by atoms with van der Waals surface area (Å²) >= 11 is 9.21. The largest absolute Gasteiger partial charge is 0.368 e. The van der Waals surface area contributed by atoms with Crippen LogP contribution in [-0.4, -0.2) is 6.61 Å². The summed E-state index contributed by atoms with van der Waals surface area (Å²) in [5.41, 5.74) is 1.17. The van der Waals surface area contributed by atoms with Gasteiger partial charge in [0.25, 0.3) is 0 Å². The number of rotatable bonds is 1. The lowest BCUT2D eigenvalue weighted by Crippen LogP contribution is -1.79. The molecule has 11 heavy (non-hydrogen) atoms. The average Bonchev–Trinajstić information content (AvgIpc) is 2.77. The normalized spacial score (nSPS) is 21.8. The van der Waals surface area contributed by atoms with Gasteiger partial charge in [0.15, 0.2) is 0 Å². The van der Waals surface area contributed by atoms with Gasteiger partial charge in [0.2, 0.25) is 0 Å². The summed E-state index contributed by atoms with van der Waals surface area (Å²) < 4.78 is 6.05. The van der Waals surface area contributed by atoms with Crippen LogP contribution in [0.3, 0.4) is 0 Å². The van der Waals surface area contributed by atoms with E-state index in [9.17, 15) is 0 Å². The van der Waals surface area contributed by atoms with Crippen LogP contribution in [0.4, 0.5) is 0 Å². The van der Waals surface area contributed by atoms with E-state index in [2.05, 4.69) is 15.9 Å². The van der Waals surface area contributed by atoms with Gasteiger partial charge in [0, 0.05) is 4.47 Å². The SMILES string of the molecule is Clc1cc([C@@H]2CO2)ccc1Br. The summed E-state index contributed by atoms with van der Waals surface area (Å²) in [6.07, 6.45) is 0.292. The molecule has 1 saturated heterocycles. The zero-order valence-electron chi connectivity index (χ0n) is 5.68. The Morgan fingerprint density at radius 3 is 2.82 bits per heavy atom. The van der Waals surface area contributed by atoms with Crippen molar-refractivity contribution in [3.8, 4) is 0 Å². The Bertz CT molecular complexity index is 283. The van der Waals surface area contributed by atoms with Gasteiger partial charge >= 0.3 is 0 Å². The molecule has 0 aliphatic carbocycles. The fourth-order valence-electron chi connectivity index (χ4n) is 0.953. The topological polar surface area (TPSA) is 12.5 Å². The predicted molar refractivity (Wildman–Crippen MR) is 47.8 cm³/mol. The molecule has 0 N–H and O–H groups in total. The van der Waals surface area contributed by atoms with E-state index in [1.54, 1.807) is 0 Å². The quantitative estimate of drug-likeness (QED) is 0.679. The maximum atomic E-state index is 5.88. The molecular formula is C8H6BrClO. The molecule has 1 heterocycles. The second-order valence-corrected chi connectivity index (χ2v) is 3.76. The van der Waals surface area contributed by atoms with E-state index in [1.807, 2.05) is 18.2 Å². The first-order chi connectivity index (χ1) is 5.27. The van der Waals surface area contributed by atoms with Crippen molar-refractivity contribution in [2.45, 2.75) is 6.10 Å². The van der Waals surface area contributed by atoms with Crippen molar-refractivity contribution in [1.82, 2.24) is 0 Å². The Hall–Kier alpha value is -0.0500. The molecule has 1 aliphatic heterocycles. The molecule has 1 fully saturated rings. The van der Waals surface area contributed by atoms with Crippen molar-refractivity contribution in [1.29, 1.82) is 0 Å². The minimum absolute atomic E-state index is 0.292. The van der Waals surface area contributed by atoms with E-state index in [1.165, 1.54) is 5.56 Å². The number of epoxide rings is 1. The molecule has 0 aromatic heterocycles. The standard InChI is InChI=1S/C8H6BrClO/c9-6-2-1-5(3-7(6)10)8-4-11-8/h1-3,8H,4H2/t8-/m0/s1. The van der Waals surface area contributed by atoms with E-state index < -0.39 is 0 Å². The van der Waals surface area contributed by atoms with E-state index >= 15 is 0 Å². The maximum absolute atomic E-state index is 5.88. The number of benzene rings is 1. The second kappa shape index (κ2) is 2.77. The summed E-state index contributed by atoms with van der Waals surface area (Å²) in [5.74, 6) is 0. The Balaban J connectivity index is 2.36. The van der Waals surface area contributed by atoms with Gasteiger partial charge in [-0.1, -0.05) is 17.7 Å². The Labute approximate surface area is 78.4 Å². The van der Waals surface area contributed by atoms with Gasteiger partial charge in [-0.2, -0.15) is 0 Å². The summed E-state index contributed by atoms with van der Waals surface area (Å²) in [6.45, 7) is 0.831. The predicted octanol–water partition coefficient (Wildman–Crippen LogP) is 3.17. The van der Waals surface area contributed by atoms with E-state index in [0.29, 0.717) is 6.10 Å². The molecule has 0 saturated carbocycles. The molecule has 3 heteroatoms. The van der Waals surface area contributed by atoms with Crippen molar-refractivity contribution in [2.24, 2.45) is 0 Å². The third-order valence-corrected chi connectivity index (χ3v) is 2.88. The molecule has 0 unspecified atom stereocenters. The first-order valence-corrected chi connectivity index (χ1v) is 4.51. The summed E-state index contributed by atoms with van der Waals surface area (Å²) in [6, 6.07) is 5.90. The number of hydrogen-bond acceptors (Lipinski definition) is 1. The van der Waals surface area contributed by atoms with Crippen LogP contribution in [0.25, 0.3) is 0 Å². The lowest BCUT2D eigenvalue weighted by atomic mass is 10.2. The van der Waals surface area contributed by atoms with Crippen LogP contribution in [0, 0.1) is 0 Å². The average molecular weight is 233 g/mol. The fraction of sp³-hybridized carbons (Fsp3) is 0.250. The lowest BCUT2D eigenvalue weighted by molar-refractivity contribution is 0.415. The summed E-state index contributed by atoms with van der Waals surface area (Å²) in [5, 5.41) is 0.748. The highest BCUT2D eigenvalue weighted by molar-refractivity contribution is 9.10. The highest BCUT2D eigenvalue weighted by atomic mass is 79.9. The van der Waals surface area contributed by atoms with Crippen molar-refractivity contribution in [2.75, 3.05) is 6.61 Å². The molecule has 1 atom stereocenters. The van der Waals surface area contributed by atoms with Gasteiger partial charge in [0.05, 0.1) is 11.6 Å². The van der Waals surface area contributed by atoms with Crippen LogP contribution < -0.4 is 0 Å². The Morgan fingerprint density at radius 1 is 1.55 bits per heavy atom. The molecule has 1 nitrogen and oxygen atoms in total. The third-order valence-electron chi connectivity index (χ3n) is 1.65. The number of ether oxygens (including phenoxy) is 1. The molecule has 2 rings (SSSR count). The Kier molecular flexibility index (Phi) is 1.91. The molecule has 1 aromatic carbocycles. The van der Waals surface area contributed by atoms with Crippen LogP contribution in [0.1, 0.15) is 11.7 Å². The van der Waals surface area contributed by atoms with Crippen LogP contribution in [0.5, 0.6) is 0 Å². The van der Waals surface area contributed by atoms with Gasteiger partial charge in [-0.25, -0.2) is 0 Å². The molecule has 0 bridgehead atoms. The first kappa shape index (κ1) is 7.59. The number of halogens is 2. The molecule has 0 radical (unpaired) electrons. The van der Waals surface area contributed by atoms with Crippen LogP contribution in [-0.2, 0) is 4.74 Å². The molecular weight excluding hydrogens is 227 g/mol. The zero-order chi connectivity index (χ0) is 7.84. The van der Waals surface area contributed by atoms with Gasteiger partial charge in [0.1, 0.15) is 6.10 Å². The van der Waals surface area contributed by atoms with E-state index in [-0.39, 0.29) is 0 Å². The molecule has 1 aliphatic rings. The minimum Gasteiger partial charge on any atom is -0.368 e. The van der Waals surface area contributed by atoms with Crippen molar-refractivity contribution in [3.05, 3.63) is 33.3 Å². The van der Waals surface area contributed by atoms with Crippen LogP contribution in [0.2, 0.25) is 5.02 Å². The van der Waals surface area contributed by atoms with Crippen LogP contribution in [0.15, 0.2) is 22.7 Å².